The lowest BCUT2D eigenvalue weighted by molar-refractivity contribution is -0.138. The van der Waals surface area contributed by atoms with Crippen LogP contribution in [-0.4, -0.2) is 30.1 Å². The zero-order valence-electron chi connectivity index (χ0n) is 8.83. The lowest BCUT2D eigenvalue weighted by Gasteiger charge is -2.49. The van der Waals surface area contributed by atoms with Gasteiger partial charge in [0.05, 0.1) is 6.42 Å². The zero-order valence-corrected chi connectivity index (χ0v) is 8.83. The second-order valence-electron chi connectivity index (χ2n) is 4.76. The van der Waals surface area contributed by atoms with Crippen LogP contribution in [0.3, 0.4) is 0 Å². The van der Waals surface area contributed by atoms with E-state index in [0.29, 0.717) is 12.3 Å². The number of nitrogens with one attached hydrogen (secondary N) is 1. The minimum absolute atomic E-state index is 0.0807. The quantitative estimate of drug-likeness (QED) is 0.642. The Labute approximate surface area is 90.4 Å². The van der Waals surface area contributed by atoms with E-state index < -0.39 is 0 Å². The van der Waals surface area contributed by atoms with Gasteiger partial charge < -0.3 is 0 Å². The molecule has 0 aromatic rings. The molecule has 0 aromatic heterocycles. The third-order valence-electron chi connectivity index (χ3n) is 3.83. The molecule has 0 aromatic carbocycles. The van der Waals surface area contributed by atoms with Gasteiger partial charge in [0.25, 0.3) is 0 Å². The smallest absolute Gasteiger partial charge is 0.131 e. The van der Waals surface area contributed by atoms with E-state index in [0.717, 1.165) is 12.2 Å². The lowest BCUT2D eigenvalue weighted by Crippen LogP contribution is -2.58. The molecule has 15 heavy (non-hydrogen) atoms. The summed E-state index contributed by atoms with van der Waals surface area (Å²) in [7, 11) is 0. The number of allylic oxidation sites excluding steroid dienone is 1. The van der Waals surface area contributed by atoms with Crippen molar-refractivity contribution in [1.82, 2.24) is 10.4 Å². The summed E-state index contributed by atoms with van der Waals surface area (Å²) < 4.78 is 0. The third kappa shape index (κ3) is 1.37. The SMILES string of the molecule is C#CCC1=CC2(CN3CCC2CC3)ON1. The van der Waals surface area contributed by atoms with E-state index >= 15 is 0 Å². The first-order valence-electron chi connectivity index (χ1n) is 5.64. The van der Waals surface area contributed by atoms with Gasteiger partial charge in [-0.05, 0) is 37.9 Å². The van der Waals surface area contributed by atoms with Crippen LogP contribution in [0, 0.1) is 18.3 Å². The molecule has 0 radical (unpaired) electrons. The predicted octanol–water partition coefficient (Wildman–Crippen LogP) is 0.893. The molecule has 3 fully saturated rings. The number of hydrogen-bond acceptors (Lipinski definition) is 3. The van der Waals surface area contributed by atoms with Crippen molar-refractivity contribution in [3.63, 3.8) is 0 Å². The maximum Gasteiger partial charge on any atom is 0.131 e. The third-order valence-corrected chi connectivity index (χ3v) is 3.83. The van der Waals surface area contributed by atoms with Gasteiger partial charge in [-0.1, -0.05) is 0 Å². The Morgan fingerprint density at radius 3 is 3.00 bits per heavy atom. The highest BCUT2D eigenvalue weighted by atomic mass is 16.7. The number of fused-ring (bicyclic) bond motifs is 2. The van der Waals surface area contributed by atoms with Crippen molar-refractivity contribution in [2.24, 2.45) is 5.92 Å². The highest BCUT2D eigenvalue weighted by Crippen LogP contribution is 2.41. The maximum absolute atomic E-state index is 5.80. The van der Waals surface area contributed by atoms with Gasteiger partial charge in [-0.3, -0.25) is 15.2 Å². The molecule has 2 bridgehead atoms. The Morgan fingerprint density at radius 2 is 2.40 bits per heavy atom. The number of terminal acetylenes is 1. The number of nitrogens with zero attached hydrogens (tertiary/aromatic N) is 1. The average molecular weight is 204 g/mol. The van der Waals surface area contributed by atoms with Crippen molar-refractivity contribution in [3.8, 4) is 12.3 Å². The van der Waals surface area contributed by atoms with Crippen molar-refractivity contribution in [3.05, 3.63) is 11.8 Å². The first-order valence-corrected chi connectivity index (χ1v) is 5.64. The van der Waals surface area contributed by atoms with E-state index in [-0.39, 0.29) is 5.60 Å². The monoisotopic (exact) mass is 204 g/mol. The van der Waals surface area contributed by atoms with Crippen LogP contribution in [0.2, 0.25) is 0 Å². The minimum atomic E-state index is -0.0807. The lowest BCUT2D eigenvalue weighted by atomic mass is 9.75. The van der Waals surface area contributed by atoms with Gasteiger partial charge in [0, 0.05) is 12.2 Å². The van der Waals surface area contributed by atoms with Crippen LogP contribution in [0.5, 0.6) is 0 Å². The molecule has 0 saturated carbocycles. The van der Waals surface area contributed by atoms with E-state index in [1.807, 2.05) is 0 Å². The number of piperidine rings is 3. The van der Waals surface area contributed by atoms with Crippen LogP contribution in [0.4, 0.5) is 0 Å². The van der Waals surface area contributed by atoms with Crippen LogP contribution < -0.4 is 5.48 Å². The highest BCUT2D eigenvalue weighted by molar-refractivity contribution is 5.22. The van der Waals surface area contributed by atoms with Gasteiger partial charge in [-0.15, -0.1) is 12.3 Å². The summed E-state index contributed by atoms with van der Waals surface area (Å²) in [5.41, 5.74) is 3.98. The maximum atomic E-state index is 5.80. The summed E-state index contributed by atoms with van der Waals surface area (Å²) in [6, 6.07) is 0. The Morgan fingerprint density at radius 1 is 1.60 bits per heavy atom. The summed E-state index contributed by atoms with van der Waals surface area (Å²) in [6.45, 7) is 3.49. The molecule has 1 N–H and O–H groups in total. The largest absolute Gasteiger partial charge is 0.300 e. The fourth-order valence-corrected chi connectivity index (χ4v) is 3.05. The Balaban J connectivity index is 1.84. The van der Waals surface area contributed by atoms with E-state index in [1.54, 1.807) is 0 Å². The summed E-state index contributed by atoms with van der Waals surface area (Å²) in [4.78, 5) is 8.28. The Hall–Kier alpha value is -0.980. The van der Waals surface area contributed by atoms with Crippen molar-refractivity contribution >= 4 is 0 Å². The van der Waals surface area contributed by atoms with Crippen LogP contribution in [0.1, 0.15) is 19.3 Å². The van der Waals surface area contributed by atoms with Gasteiger partial charge in [0.1, 0.15) is 5.60 Å². The molecule has 1 unspecified atom stereocenters. The first-order chi connectivity index (χ1) is 7.32. The van der Waals surface area contributed by atoms with Crippen molar-refractivity contribution < 1.29 is 4.84 Å². The van der Waals surface area contributed by atoms with Crippen LogP contribution in [0.25, 0.3) is 0 Å². The van der Waals surface area contributed by atoms with Crippen LogP contribution in [0.15, 0.2) is 11.8 Å². The van der Waals surface area contributed by atoms with Crippen LogP contribution >= 0.6 is 0 Å². The van der Waals surface area contributed by atoms with Crippen LogP contribution in [-0.2, 0) is 4.84 Å². The summed E-state index contributed by atoms with van der Waals surface area (Å²) in [6.07, 6.45) is 10.7. The second-order valence-corrected chi connectivity index (χ2v) is 4.76. The molecule has 80 valence electrons. The minimum Gasteiger partial charge on any atom is -0.300 e. The van der Waals surface area contributed by atoms with E-state index in [1.165, 1.54) is 25.9 Å². The van der Waals surface area contributed by atoms with Gasteiger partial charge in [0.15, 0.2) is 0 Å². The first kappa shape index (κ1) is 9.26. The molecule has 0 aliphatic carbocycles. The predicted molar refractivity (Wildman–Crippen MR) is 57.6 cm³/mol. The van der Waals surface area contributed by atoms with E-state index in [2.05, 4.69) is 22.4 Å². The standard InChI is InChI=1S/C12H16N2O/c1-2-3-11-8-12(15-13-11)9-14-6-4-10(12)5-7-14/h1,8,10,13H,3-7,9H2. The molecular formula is C12H16N2O. The molecule has 4 aliphatic heterocycles. The normalized spacial score (nSPS) is 42.5. The molecular weight excluding hydrogens is 188 g/mol. The van der Waals surface area contributed by atoms with Crippen molar-refractivity contribution in [2.45, 2.75) is 24.9 Å². The van der Waals surface area contributed by atoms with Crippen molar-refractivity contribution in [1.29, 1.82) is 0 Å². The van der Waals surface area contributed by atoms with Gasteiger partial charge in [0.2, 0.25) is 0 Å². The summed E-state index contributed by atoms with van der Waals surface area (Å²) >= 11 is 0. The van der Waals surface area contributed by atoms with E-state index in [4.69, 9.17) is 11.3 Å². The Kier molecular flexibility index (Phi) is 2.01. The fourth-order valence-electron chi connectivity index (χ4n) is 3.05. The topological polar surface area (TPSA) is 24.5 Å². The number of rotatable bonds is 1. The summed E-state index contributed by atoms with van der Waals surface area (Å²) in [5, 5.41) is 0. The van der Waals surface area contributed by atoms with Gasteiger partial charge in [-0.25, -0.2) is 0 Å². The molecule has 3 heteroatoms. The number of hydroxylamine groups is 1. The van der Waals surface area contributed by atoms with E-state index in [9.17, 15) is 0 Å². The summed E-state index contributed by atoms with van der Waals surface area (Å²) in [5.74, 6) is 3.32. The molecule has 3 nitrogen and oxygen atoms in total. The van der Waals surface area contributed by atoms with Crippen molar-refractivity contribution in [2.75, 3.05) is 19.6 Å². The molecule has 4 heterocycles. The average Bonchev–Trinajstić information content (AvgIpc) is 2.64. The van der Waals surface area contributed by atoms with Gasteiger partial charge in [-0.2, -0.15) is 0 Å². The number of hydrogen-bond donors (Lipinski definition) is 1. The highest BCUT2D eigenvalue weighted by Gasteiger charge is 2.49. The zero-order chi connectivity index (χ0) is 10.3. The second kappa shape index (κ2) is 3.26. The molecule has 1 atom stereocenters. The fraction of sp³-hybridized carbons (Fsp3) is 0.667. The molecule has 0 amide bonds. The molecule has 3 saturated heterocycles. The van der Waals surface area contributed by atoms with Gasteiger partial charge >= 0.3 is 0 Å². The Bertz CT molecular complexity index is 336. The molecule has 4 aliphatic rings. The molecule has 4 rings (SSSR count). The molecule has 1 spiro atoms.